The topological polar surface area (TPSA) is 25.8 Å². The van der Waals surface area contributed by atoms with Gasteiger partial charge < -0.3 is 0 Å². The van der Waals surface area contributed by atoms with Crippen LogP contribution in [-0.2, 0) is 0 Å². The van der Waals surface area contributed by atoms with Crippen molar-refractivity contribution in [2.24, 2.45) is 0 Å². The zero-order valence-corrected chi connectivity index (χ0v) is 12.8. The van der Waals surface area contributed by atoms with Gasteiger partial charge in [-0.1, -0.05) is 0 Å². The molecule has 0 bridgehead atoms. The number of aromatic nitrogens is 2. The van der Waals surface area contributed by atoms with Crippen LogP contribution in [0.4, 0.5) is 0 Å². The lowest BCUT2D eigenvalue weighted by atomic mass is 10.3. The zero-order valence-electron chi connectivity index (χ0n) is 10.7. The molecule has 0 amide bonds. The lowest BCUT2D eigenvalue weighted by molar-refractivity contribution is 1.15. The summed E-state index contributed by atoms with van der Waals surface area (Å²) in [5, 5.41) is 0. The van der Waals surface area contributed by atoms with Gasteiger partial charge in [0.25, 0.3) is 0 Å². The summed E-state index contributed by atoms with van der Waals surface area (Å²) in [6, 6.07) is 6.07. The van der Waals surface area contributed by atoms with Gasteiger partial charge in [-0.05, 0) is 79.6 Å². The average molecular weight is 340 g/mol. The van der Waals surface area contributed by atoms with Crippen LogP contribution in [0.25, 0.3) is 0 Å². The fourth-order valence-electron chi connectivity index (χ4n) is 1.36. The molecule has 0 unspecified atom stereocenters. The van der Waals surface area contributed by atoms with Gasteiger partial charge in [-0.3, -0.25) is 9.97 Å². The van der Waals surface area contributed by atoms with Crippen LogP contribution < -0.4 is 0 Å². The molecule has 3 heteroatoms. The fraction of sp³-hybridized carbons (Fsp3) is 0.286. The van der Waals surface area contributed by atoms with E-state index in [9.17, 15) is 0 Å². The van der Waals surface area contributed by atoms with Gasteiger partial charge in [0.1, 0.15) is 0 Å². The SMILES string of the molecule is Cc1ccnc(C)c1.Cc1ccnc(C)c1I. The van der Waals surface area contributed by atoms with E-state index in [0.29, 0.717) is 0 Å². The van der Waals surface area contributed by atoms with E-state index in [-0.39, 0.29) is 0 Å². The van der Waals surface area contributed by atoms with Crippen LogP contribution in [0.15, 0.2) is 30.6 Å². The van der Waals surface area contributed by atoms with E-state index in [1.165, 1.54) is 14.7 Å². The summed E-state index contributed by atoms with van der Waals surface area (Å²) in [6.45, 7) is 8.17. The number of nitrogens with zero attached hydrogens (tertiary/aromatic N) is 2. The lowest BCUT2D eigenvalue weighted by Gasteiger charge is -1.97. The van der Waals surface area contributed by atoms with Gasteiger partial charge >= 0.3 is 0 Å². The summed E-state index contributed by atoms with van der Waals surface area (Å²) in [5.74, 6) is 0. The summed E-state index contributed by atoms with van der Waals surface area (Å²) in [6.07, 6.45) is 3.66. The van der Waals surface area contributed by atoms with Gasteiger partial charge in [0, 0.05) is 21.7 Å². The molecule has 0 aromatic carbocycles. The van der Waals surface area contributed by atoms with Crippen LogP contribution in [0.2, 0.25) is 0 Å². The van der Waals surface area contributed by atoms with Gasteiger partial charge in [0.15, 0.2) is 0 Å². The van der Waals surface area contributed by atoms with E-state index >= 15 is 0 Å². The smallest absolute Gasteiger partial charge is 0.0508 e. The molecular formula is C14H17IN2. The Hall–Kier alpha value is -0.970. The van der Waals surface area contributed by atoms with E-state index in [1.807, 2.05) is 38.4 Å². The largest absolute Gasteiger partial charge is 0.262 e. The minimum absolute atomic E-state index is 1.09. The third kappa shape index (κ3) is 4.81. The maximum Gasteiger partial charge on any atom is 0.0508 e. The Morgan fingerprint density at radius 2 is 1.59 bits per heavy atom. The second-order valence-corrected chi connectivity index (χ2v) is 5.08. The number of hydrogen-bond acceptors (Lipinski definition) is 2. The zero-order chi connectivity index (χ0) is 12.8. The predicted octanol–water partition coefficient (Wildman–Crippen LogP) is 4.00. The molecule has 0 saturated heterocycles. The quantitative estimate of drug-likeness (QED) is 0.678. The number of rotatable bonds is 0. The molecule has 2 nitrogen and oxygen atoms in total. The molecule has 2 aromatic heterocycles. The Balaban J connectivity index is 0.000000171. The number of pyridine rings is 2. The first-order valence-corrected chi connectivity index (χ1v) is 6.55. The standard InChI is InChI=1S/C7H8IN.C7H9N/c1-5-3-4-9-6(2)7(5)8;1-6-3-4-8-7(2)5-6/h3-4H,1-2H3;3-5H,1-2H3. The molecule has 0 aliphatic carbocycles. The van der Waals surface area contributed by atoms with Crippen molar-refractivity contribution >= 4 is 22.6 Å². The number of hydrogen-bond donors (Lipinski definition) is 0. The molecule has 0 saturated carbocycles. The van der Waals surface area contributed by atoms with Crippen molar-refractivity contribution < 1.29 is 0 Å². The molecule has 17 heavy (non-hydrogen) atoms. The maximum atomic E-state index is 4.13. The Labute approximate surface area is 117 Å². The van der Waals surface area contributed by atoms with Crippen LogP contribution in [0.5, 0.6) is 0 Å². The van der Waals surface area contributed by atoms with E-state index < -0.39 is 0 Å². The van der Waals surface area contributed by atoms with Crippen LogP contribution in [0.1, 0.15) is 22.5 Å². The highest BCUT2D eigenvalue weighted by Gasteiger charge is 1.95. The van der Waals surface area contributed by atoms with Crippen LogP contribution in [0, 0.1) is 31.3 Å². The van der Waals surface area contributed by atoms with Crippen LogP contribution in [0.3, 0.4) is 0 Å². The van der Waals surface area contributed by atoms with Gasteiger partial charge in [0.2, 0.25) is 0 Å². The summed E-state index contributed by atoms with van der Waals surface area (Å²) >= 11 is 2.31. The molecule has 0 spiro atoms. The Bertz CT molecular complexity index is 458. The molecule has 2 heterocycles. The third-order valence-corrected chi connectivity index (χ3v) is 3.94. The van der Waals surface area contributed by atoms with E-state index in [4.69, 9.17) is 0 Å². The van der Waals surface area contributed by atoms with Gasteiger partial charge in [-0.2, -0.15) is 0 Å². The predicted molar refractivity (Wildman–Crippen MR) is 80.1 cm³/mol. The van der Waals surface area contributed by atoms with Gasteiger partial charge in [-0.25, -0.2) is 0 Å². The molecule has 0 aliphatic heterocycles. The van der Waals surface area contributed by atoms with Crippen molar-refractivity contribution in [2.45, 2.75) is 27.7 Å². The second-order valence-electron chi connectivity index (χ2n) is 4.00. The molecular weight excluding hydrogens is 323 g/mol. The minimum Gasteiger partial charge on any atom is -0.262 e. The highest BCUT2D eigenvalue weighted by atomic mass is 127. The van der Waals surface area contributed by atoms with E-state index in [1.54, 1.807) is 0 Å². The van der Waals surface area contributed by atoms with Crippen LogP contribution >= 0.6 is 22.6 Å². The third-order valence-electron chi connectivity index (χ3n) is 2.31. The monoisotopic (exact) mass is 340 g/mol. The molecule has 90 valence electrons. The minimum atomic E-state index is 1.09. The normalized spacial score (nSPS) is 9.47. The molecule has 0 atom stereocenters. The average Bonchev–Trinajstić information content (AvgIpc) is 2.26. The van der Waals surface area contributed by atoms with Crippen molar-refractivity contribution in [3.8, 4) is 0 Å². The molecule has 0 radical (unpaired) electrons. The van der Waals surface area contributed by atoms with Crippen molar-refractivity contribution in [3.05, 3.63) is 56.7 Å². The summed E-state index contributed by atoms with van der Waals surface area (Å²) < 4.78 is 1.27. The Morgan fingerprint density at radius 3 is 2.00 bits per heavy atom. The second kappa shape index (κ2) is 6.69. The first-order chi connectivity index (χ1) is 8.00. The molecule has 0 fully saturated rings. The number of halogens is 1. The lowest BCUT2D eigenvalue weighted by Crippen LogP contribution is -1.87. The molecule has 2 rings (SSSR count). The molecule has 0 aliphatic rings. The summed E-state index contributed by atoms with van der Waals surface area (Å²) in [5.41, 5.74) is 4.79. The Morgan fingerprint density at radius 1 is 0.941 bits per heavy atom. The Kier molecular flexibility index (Phi) is 5.55. The van der Waals surface area contributed by atoms with Gasteiger partial charge in [0.05, 0.1) is 5.69 Å². The van der Waals surface area contributed by atoms with Crippen molar-refractivity contribution in [1.29, 1.82) is 0 Å². The van der Waals surface area contributed by atoms with Crippen molar-refractivity contribution in [1.82, 2.24) is 9.97 Å². The number of aryl methyl sites for hydroxylation is 4. The first-order valence-electron chi connectivity index (χ1n) is 5.47. The first kappa shape index (κ1) is 14.1. The van der Waals surface area contributed by atoms with E-state index in [2.05, 4.69) is 52.5 Å². The van der Waals surface area contributed by atoms with Crippen molar-refractivity contribution in [3.63, 3.8) is 0 Å². The fourth-order valence-corrected chi connectivity index (χ4v) is 1.68. The molecule has 0 N–H and O–H groups in total. The summed E-state index contributed by atoms with van der Waals surface area (Å²) in [4.78, 5) is 8.17. The maximum absolute atomic E-state index is 4.13. The highest BCUT2D eigenvalue weighted by Crippen LogP contribution is 2.12. The van der Waals surface area contributed by atoms with Crippen LogP contribution in [-0.4, -0.2) is 9.97 Å². The summed E-state index contributed by atoms with van der Waals surface area (Å²) in [7, 11) is 0. The highest BCUT2D eigenvalue weighted by molar-refractivity contribution is 14.1. The van der Waals surface area contributed by atoms with E-state index in [0.717, 1.165) is 11.4 Å². The van der Waals surface area contributed by atoms with Gasteiger partial charge in [-0.15, -0.1) is 0 Å². The van der Waals surface area contributed by atoms with Crippen molar-refractivity contribution in [2.75, 3.05) is 0 Å². The molecule has 2 aromatic rings.